The first-order chi connectivity index (χ1) is 16.8. The van der Waals surface area contributed by atoms with Crippen LogP contribution in [-0.2, 0) is 5.41 Å². The Kier molecular flexibility index (Phi) is 7.48. The zero-order valence-corrected chi connectivity index (χ0v) is 20.6. The van der Waals surface area contributed by atoms with Crippen molar-refractivity contribution in [1.82, 2.24) is 0 Å². The molecule has 4 rings (SSSR count). The smallest absolute Gasteiger partial charge is 0.115 e. The highest BCUT2D eigenvalue weighted by Crippen LogP contribution is 2.23. The first-order valence-corrected chi connectivity index (χ1v) is 12.0. The second kappa shape index (κ2) is 10.9. The highest BCUT2D eigenvalue weighted by atomic mass is 16.3. The Morgan fingerprint density at radius 2 is 0.629 bits per heavy atom. The molecule has 0 radical (unpaired) electrons. The summed E-state index contributed by atoms with van der Waals surface area (Å²) < 4.78 is 0. The van der Waals surface area contributed by atoms with E-state index in [-0.39, 0.29) is 11.2 Å². The third-order valence-electron chi connectivity index (χ3n) is 5.95. The average Bonchev–Trinajstić information content (AvgIpc) is 2.87. The third-order valence-corrected chi connectivity index (χ3v) is 5.95. The van der Waals surface area contributed by atoms with Crippen LogP contribution in [0.15, 0.2) is 97.1 Å². The van der Waals surface area contributed by atoms with Gasteiger partial charge in [0.05, 0.1) is 0 Å². The fourth-order valence-electron chi connectivity index (χ4n) is 3.69. The van der Waals surface area contributed by atoms with E-state index < -0.39 is 0 Å². The maximum atomic E-state index is 9.38. The van der Waals surface area contributed by atoms with E-state index in [1.807, 2.05) is 18.2 Å². The van der Waals surface area contributed by atoms with Crippen LogP contribution in [0.4, 0.5) is 0 Å². The van der Waals surface area contributed by atoms with Crippen molar-refractivity contribution in [2.75, 3.05) is 0 Å². The first kappa shape index (κ1) is 24.0. The van der Waals surface area contributed by atoms with Gasteiger partial charge in [0, 0.05) is 0 Å². The molecule has 4 aromatic carbocycles. The molecule has 0 amide bonds. The quantitative estimate of drug-likeness (QED) is 0.287. The zero-order valence-electron chi connectivity index (χ0n) is 20.6. The van der Waals surface area contributed by atoms with E-state index in [1.165, 1.54) is 22.3 Å². The van der Waals surface area contributed by atoms with Gasteiger partial charge in [-0.05, 0) is 56.5 Å². The fourth-order valence-corrected chi connectivity index (χ4v) is 3.69. The third kappa shape index (κ3) is 7.19. The Morgan fingerprint density at radius 3 is 0.886 bits per heavy atom. The summed E-state index contributed by atoms with van der Waals surface area (Å²) in [4.78, 5) is 0. The summed E-state index contributed by atoms with van der Waals surface area (Å²) in [6.45, 7) is 6.71. The fraction of sp³-hybridized carbons (Fsp3) is 0.118. The number of hydrogen-bond acceptors (Lipinski definition) is 1. The number of benzene rings is 4. The summed E-state index contributed by atoms with van der Waals surface area (Å²) in [5.74, 6) is 0.284. The minimum absolute atomic E-state index is 0.180. The van der Waals surface area contributed by atoms with E-state index in [1.54, 1.807) is 12.1 Å². The van der Waals surface area contributed by atoms with Crippen molar-refractivity contribution in [3.8, 4) is 5.75 Å². The standard InChI is InChI=1S/C34H32O/c1-34(2,3)32-22-18-30(19-23-32)16-14-28-10-6-26(7-11-28)4-5-27-8-12-29(13-9-27)15-17-31-20-24-33(35)25-21-31/h4-25,35H,1-3H3. The highest BCUT2D eigenvalue weighted by Gasteiger charge is 2.12. The number of phenolic OH excluding ortho intramolecular Hbond substituents is 1. The summed E-state index contributed by atoms with van der Waals surface area (Å²) in [5, 5.41) is 9.38. The van der Waals surface area contributed by atoms with Gasteiger partial charge in [0.1, 0.15) is 5.75 Å². The Hall–Kier alpha value is -4.10. The van der Waals surface area contributed by atoms with Gasteiger partial charge in [-0.25, -0.2) is 0 Å². The van der Waals surface area contributed by atoms with E-state index in [0.717, 1.165) is 16.7 Å². The maximum absolute atomic E-state index is 9.38. The molecule has 1 N–H and O–H groups in total. The SMILES string of the molecule is CC(C)(C)c1ccc(C=Cc2ccc(C=Cc3ccc(C=Cc4ccc(O)cc4)cc3)cc2)cc1. The summed E-state index contributed by atoms with van der Waals surface area (Å²) >= 11 is 0. The molecular formula is C34H32O. The minimum Gasteiger partial charge on any atom is -0.508 e. The molecule has 0 atom stereocenters. The lowest BCUT2D eigenvalue weighted by molar-refractivity contribution is 0.475. The van der Waals surface area contributed by atoms with E-state index in [9.17, 15) is 5.11 Å². The lowest BCUT2D eigenvalue weighted by Gasteiger charge is -2.18. The van der Waals surface area contributed by atoms with E-state index in [4.69, 9.17) is 0 Å². The molecular weight excluding hydrogens is 424 g/mol. The molecule has 174 valence electrons. The number of rotatable bonds is 6. The molecule has 1 heteroatoms. The van der Waals surface area contributed by atoms with Crippen LogP contribution in [0.1, 0.15) is 59.7 Å². The first-order valence-electron chi connectivity index (χ1n) is 12.0. The van der Waals surface area contributed by atoms with Gasteiger partial charge in [-0.1, -0.05) is 142 Å². The summed E-state index contributed by atoms with van der Waals surface area (Å²) in [6.07, 6.45) is 12.7. The van der Waals surface area contributed by atoms with Crippen molar-refractivity contribution in [3.05, 3.63) is 136 Å². The minimum atomic E-state index is 0.180. The van der Waals surface area contributed by atoms with Crippen molar-refractivity contribution in [2.45, 2.75) is 26.2 Å². The van der Waals surface area contributed by atoms with Gasteiger partial charge >= 0.3 is 0 Å². The molecule has 0 aromatic heterocycles. The second-order valence-corrected chi connectivity index (χ2v) is 9.80. The van der Waals surface area contributed by atoms with Crippen LogP contribution < -0.4 is 0 Å². The van der Waals surface area contributed by atoms with Gasteiger partial charge in [0.25, 0.3) is 0 Å². The lowest BCUT2D eigenvalue weighted by atomic mass is 9.87. The van der Waals surface area contributed by atoms with Gasteiger partial charge in [-0.3, -0.25) is 0 Å². The monoisotopic (exact) mass is 456 g/mol. The summed E-state index contributed by atoms with van der Waals surface area (Å²) in [6, 6.07) is 33.0. The van der Waals surface area contributed by atoms with Crippen LogP contribution in [0.25, 0.3) is 36.5 Å². The van der Waals surface area contributed by atoms with Gasteiger partial charge < -0.3 is 5.11 Å². The predicted octanol–water partition coefficient (Wildman–Crippen LogP) is 9.20. The van der Waals surface area contributed by atoms with Crippen molar-refractivity contribution >= 4 is 36.5 Å². The Labute approximate surface area is 209 Å². The molecule has 0 saturated heterocycles. The second-order valence-electron chi connectivity index (χ2n) is 9.80. The number of aromatic hydroxyl groups is 1. The Bertz CT molecular complexity index is 1310. The lowest BCUT2D eigenvalue weighted by Crippen LogP contribution is -2.10. The van der Waals surface area contributed by atoms with Crippen LogP contribution in [0.5, 0.6) is 5.75 Å². The van der Waals surface area contributed by atoms with Crippen molar-refractivity contribution in [1.29, 1.82) is 0 Å². The van der Waals surface area contributed by atoms with Crippen LogP contribution in [0.3, 0.4) is 0 Å². The molecule has 0 bridgehead atoms. The summed E-state index contributed by atoms with van der Waals surface area (Å²) in [5.41, 5.74) is 8.46. The average molecular weight is 457 g/mol. The van der Waals surface area contributed by atoms with Crippen LogP contribution in [-0.4, -0.2) is 5.11 Å². The number of hydrogen-bond donors (Lipinski definition) is 1. The van der Waals surface area contributed by atoms with Gasteiger partial charge in [0.15, 0.2) is 0 Å². The van der Waals surface area contributed by atoms with Crippen LogP contribution in [0, 0.1) is 0 Å². The van der Waals surface area contributed by atoms with Gasteiger partial charge in [-0.15, -0.1) is 0 Å². The normalized spacial score (nSPS) is 12.2. The van der Waals surface area contributed by atoms with E-state index in [0.29, 0.717) is 0 Å². The van der Waals surface area contributed by atoms with E-state index in [2.05, 4.69) is 124 Å². The Balaban J connectivity index is 1.34. The van der Waals surface area contributed by atoms with Crippen molar-refractivity contribution in [3.63, 3.8) is 0 Å². The van der Waals surface area contributed by atoms with Crippen molar-refractivity contribution < 1.29 is 5.11 Å². The molecule has 0 saturated carbocycles. The molecule has 0 aliphatic heterocycles. The molecule has 35 heavy (non-hydrogen) atoms. The zero-order chi connectivity index (χ0) is 24.7. The topological polar surface area (TPSA) is 20.2 Å². The number of phenols is 1. The summed E-state index contributed by atoms with van der Waals surface area (Å²) in [7, 11) is 0. The van der Waals surface area contributed by atoms with Gasteiger partial charge in [0.2, 0.25) is 0 Å². The maximum Gasteiger partial charge on any atom is 0.115 e. The Morgan fingerprint density at radius 1 is 0.400 bits per heavy atom. The molecule has 1 nitrogen and oxygen atoms in total. The molecule has 0 aliphatic carbocycles. The molecule has 0 unspecified atom stereocenters. The highest BCUT2D eigenvalue weighted by molar-refractivity contribution is 5.74. The van der Waals surface area contributed by atoms with Gasteiger partial charge in [-0.2, -0.15) is 0 Å². The molecule has 0 spiro atoms. The molecule has 0 fully saturated rings. The van der Waals surface area contributed by atoms with Crippen LogP contribution >= 0.6 is 0 Å². The molecule has 0 aliphatic rings. The van der Waals surface area contributed by atoms with Crippen LogP contribution in [0.2, 0.25) is 0 Å². The van der Waals surface area contributed by atoms with E-state index >= 15 is 0 Å². The predicted molar refractivity (Wildman–Crippen MR) is 153 cm³/mol. The molecule has 4 aromatic rings. The van der Waals surface area contributed by atoms with Crippen molar-refractivity contribution in [2.24, 2.45) is 0 Å². The molecule has 0 heterocycles. The largest absolute Gasteiger partial charge is 0.508 e.